The molecule has 130 valence electrons. The summed E-state index contributed by atoms with van der Waals surface area (Å²) in [6.45, 7) is 5.97. The molecule has 0 fully saturated rings. The number of carbonyl (C=O) groups is 3. The first-order chi connectivity index (χ1) is 10.7. The Morgan fingerprint density at radius 3 is 2.35 bits per heavy atom. The van der Waals surface area contributed by atoms with Gasteiger partial charge in [-0.05, 0) is 18.1 Å². The summed E-state index contributed by atoms with van der Waals surface area (Å²) < 4.78 is 15.7. The number of nitrogens with one attached hydrogen (secondary N) is 1. The summed E-state index contributed by atoms with van der Waals surface area (Å²) in [6.07, 6.45) is 1.07. The molecular weight excluding hydrogens is 306 g/mol. The Labute approximate surface area is 134 Å². The number of carboxylic acids is 1. The predicted octanol–water partition coefficient (Wildman–Crippen LogP) is 0.461. The molecule has 0 amide bonds. The van der Waals surface area contributed by atoms with Gasteiger partial charge in [-0.15, -0.1) is 0 Å². The number of ether oxygens (including phenoxy) is 3. The highest BCUT2D eigenvalue weighted by Crippen LogP contribution is 2.17. The second kappa shape index (κ2) is 8.64. The fourth-order valence-electron chi connectivity index (χ4n) is 2.11. The number of hydrogen-bond acceptors (Lipinski definition) is 7. The van der Waals surface area contributed by atoms with Gasteiger partial charge in [0.05, 0.1) is 0 Å². The monoisotopic (exact) mass is 329 g/mol. The zero-order valence-corrected chi connectivity index (χ0v) is 13.6. The number of carboxylic acid groups (broad SMARTS) is 1. The quantitative estimate of drug-likeness (QED) is 0.512. The van der Waals surface area contributed by atoms with Crippen molar-refractivity contribution in [2.45, 2.75) is 52.2 Å². The van der Waals surface area contributed by atoms with E-state index in [1.165, 1.54) is 13.8 Å². The topological polar surface area (TPSA) is 111 Å². The van der Waals surface area contributed by atoms with Crippen molar-refractivity contribution in [3.8, 4) is 0 Å². The molecule has 0 saturated heterocycles. The van der Waals surface area contributed by atoms with E-state index >= 15 is 0 Å². The van der Waals surface area contributed by atoms with Crippen LogP contribution < -0.4 is 5.32 Å². The standard InChI is InChI=1S/C15H23NO7/c1-8(2)14(15(19)20)16-13-6-5-11(22-10(4)18)12(23-13)7-21-9(3)17/h5-6,8,11-14,16H,7H2,1-4H3,(H,19,20)/t11-,12+,13?,14-/m0/s1. The van der Waals surface area contributed by atoms with Gasteiger partial charge >= 0.3 is 17.9 Å². The summed E-state index contributed by atoms with van der Waals surface area (Å²) in [6, 6.07) is -0.802. The first kappa shape index (κ1) is 19.1. The molecule has 1 aliphatic rings. The lowest BCUT2D eigenvalue weighted by atomic mass is 10.0. The van der Waals surface area contributed by atoms with Gasteiger partial charge in [0.1, 0.15) is 31.1 Å². The summed E-state index contributed by atoms with van der Waals surface area (Å²) in [7, 11) is 0. The van der Waals surface area contributed by atoms with E-state index in [1.807, 2.05) is 0 Å². The van der Waals surface area contributed by atoms with Gasteiger partial charge in [-0.3, -0.25) is 19.7 Å². The minimum atomic E-state index is -0.990. The van der Waals surface area contributed by atoms with Gasteiger partial charge in [0.2, 0.25) is 0 Å². The van der Waals surface area contributed by atoms with Crippen LogP contribution in [0, 0.1) is 5.92 Å². The average molecular weight is 329 g/mol. The van der Waals surface area contributed by atoms with E-state index in [4.69, 9.17) is 14.2 Å². The molecule has 23 heavy (non-hydrogen) atoms. The lowest BCUT2D eigenvalue weighted by molar-refractivity contribution is -0.165. The molecule has 1 rings (SSSR count). The van der Waals surface area contributed by atoms with E-state index in [9.17, 15) is 19.5 Å². The van der Waals surface area contributed by atoms with E-state index in [2.05, 4.69) is 5.32 Å². The van der Waals surface area contributed by atoms with Gasteiger partial charge in [0.25, 0.3) is 0 Å². The van der Waals surface area contributed by atoms with Crippen LogP contribution in [0.1, 0.15) is 27.7 Å². The molecular formula is C15H23NO7. The molecule has 0 aromatic heterocycles. The van der Waals surface area contributed by atoms with Crippen molar-refractivity contribution >= 4 is 17.9 Å². The molecule has 0 spiro atoms. The normalized spacial score (nSPS) is 25.0. The highest BCUT2D eigenvalue weighted by molar-refractivity contribution is 5.73. The van der Waals surface area contributed by atoms with Crippen molar-refractivity contribution in [3.05, 3.63) is 12.2 Å². The summed E-state index contributed by atoms with van der Waals surface area (Å²) in [5, 5.41) is 12.1. The number of aliphatic carboxylic acids is 1. The van der Waals surface area contributed by atoms with Crippen molar-refractivity contribution in [1.82, 2.24) is 5.32 Å². The zero-order chi connectivity index (χ0) is 17.6. The molecule has 1 aliphatic heterocycles. The highest BCUT2D eigenvalue weighted by atomic mass is 16.6. The fraction of sp³-hybridized carbons (Fsp3) is 0.667. The van der Waals surface area contributed by atoms with E-state index in [1.54, 1.807) is 26.0 Å². The Kier molecular flexibility index (Phi) is 7.18. The van der Waals surface area contributed by atoms with Crippen LogP contribution in [0.5, 0.6) is 0 Å². The fourth-order valence-corrected chi connectivity index (χ4v) is 2.11. The van der Waals surface area contributed by atoms with E-state index in [0.29, 0.717) is 0 Å². The number of carbonyl (C=O) groups excluding carboxylic acids is 2. The number of esters is 2. The largest absolute Gasteiger partial charge is 0.480 e. The van der Waals surface area contributed by atoms with Crippen LogP contribution in [-0.4, -0.2) is 54.1 Å². The molecule has 8 heteroatoms. The minimum Gasteiger partial charge on any atom is -0.480 e. The van der Waals surface area contributed by atoms with Crippen LogP contribution >= 0.6 is 0 Å². The smallest absolute Gasteiger partial charge is 0.321 e. The first-order valence-corrected chi connectivity index (χ1v) is 7.34. The maximum Gasteiger partial charge on any atom is 0.321 e. The molecule has 0 aromatic carbocycles. The predicted molar refractivity (Wildman–Crippen MR) is 79.4 cm³/mol. The van der Waals surface area contributed by atoms with Crippen LogP contribution in [0.25, 0.3) is 0 Å². The molecule has 0 bridgehead atoms. The zero-order valence-electron chi connectivity index (χ0n) is 13.6. The van der Waals surface area contributed by atoms with Gasteiger partial charge in [-0.2, -0.15) is 0 Å². The lowest BCUT2D eigenvalue weighted by Gasteiger charge is -2.33. The van der Waals surface area contributed by atoms with Gasteiger partial charge < -0.3 is 19.3 Å². The maximum absolute atomic E-state index is 11.2. The van der Waals surface area contributed by atoms with Crippen LogP contribution in [0.2, 0.25) is 0 Å². The van der Waals surface area contributed by atoms with Gasteiger partial charge in [-0.25, -0.2) is 0 Å². The molecule has 0 aliphatic carbocycles. The van der Waals surface area contributed by atoms with Crippen molar-refractivity contribution in [3.63, 3.8) is 0 Å². The van der Waals surface area contributed by atoms with Crippen LogP contribution in [0.15, 0.2) is 12.2 Å². The SMILES string of the molecule is CC(=O)OC[C@H]1OC(N[C@H](C(=O)O)C(C)C)C=C[C@@H]1OC(C)=O. The van der Waals surface area contributed by atoms with E-state index < -0.39 is 42.4 Å². The molecule has 1 unspecified atom stereocenters. The van der Waals surface area contributed by atoms with Crippen LogP contribution in [0.4, 0.5) is 0 Å². The third-order valence-electron chi connectivity index (χ3n) is 3.19. The molecule has 0 aromatic rings. The molecule has 4 atom stereocenters. The Balaban J connectivity index is 2.78. The van der Waals surface area contributed by atoms with E-state index in [-0.39, 0.29) is 12.5 Å². The lowest BCUT2D eigenvalue weighted by Crippen LogP contribution is -2.52. The Morgan fingerprint density at radius 2 is 1.87 bits per heavy atom. The molecule has 8 nitrogen and oxygen atoms in total. The minimum absolute atomic E-state index is 0.102. The number of rotatable bonds is 7. The van der Waals surface area contributed by atoms with Crippen molar-refractivity contribution in [2.75, 3.05) is 6.61 Å². The third-order valence-corrected chi connectivity index (χ3v) is 3.19. The van der Waals surface area contributed by atoms with Gasteiger partial charge in [0, 0.05) is 13.8 Å². The van der Waals surface area contributed by atoms with E-state index in [0.717, 1.165) is 0 Å². The first-order valence-electron chi connectivity index (χ1n) is 7.34. The summed E-state index contributed by atoms with van der Waals surface area (Å²) in [5.74, 6) is -2.12. The van der Waals surface area contributed by atoms with Crippen LogP contribution in [-0.2, 0) is 28.6 Å². The Bertz CT molecular complexity index is 474. The molecule has 2 N–H and O–H groups in total. The Hall–Kier alpha value is -1.93. The summed E-state index contributed by atoms with van der Waals surface area (Å²) in [4.78, 5) is 33.3. The Morgan fingerprint density at radius 1 is 1.22 bits per heavy atom. The number of hydrogen-bond donors (Lipinski definition) is 2. The van der Waals surface area contributed by atoms with Crippen molar-refractivity contribution < 1.29 is 33.7 Å². The van der Waals surface area contributed by atoms with Crippen LogP contribution in [0.3, 0.4) is 0 Å². The highest BCUT2D eigenvalue weighted by Gasteiger charge is 2.33. The molecule has 0 radical (unpaired) electrons. The maximum atomic E-state index is 11.2. The van der Waals surface area contributed by atoms with Crippen molar-refractivity contribution in [2.24, 2.45) is 5.92 Å². The van der Waals surface area contributed by atoms with Gasteiger partial charge in [0.15, 0.2) is 0 Å². The second-order valence-corrected chi connectivity index (χ2v) is 5.58. The third kappa shape index (κ3) is 6.37. The summed E-state index contributed by atoms with van der Waals surface area (Å²) in [5.41, 5.74) is 0. The molecule has 1 heterocycles. The van der Waals surface area contributed by atoms with Gasteiger partial charge in [-0.1, -0.05) is 13.8 Å². The second-order valence-electron chi connectivity index (χ2n) is 5.58. The van der Waals surface area contributed by atoms with Crippen molar-refractivity contribution in [1.29, 1.82) is 0 Å². The average Bonchev–Trinajstić information content (AvgIpc) is 2.43. The summed E-state index contributed by atoms with van der Waals surface area (Å²) >= 11 is 0. The molecule has 0 saturated carbocycles.